The summed E-state index contributed by atoms with van der Waals surface area (Å²) in [5, 5.41) is 7.39. The van der Waals surface area contributed by atoms with E-state index in [1.165, 1.54) is 31.6 Å². The Morgan fingerprint density at radius 1 is 1.19 bits per heavy atom. The fourth-order valence-electron chi connectivity index (χ4n) is 1.44. The fourth-order valence-corrected chi connectivity index (χ4v) is 1.44. The molecule has 1 aromatic carbocycles. The highest BCUT2D eigenvalue weighted by molar-refractivity contribution is 5.79. The van der Waals surface area contributed by atoms with Gasteiger partial charge in [0.1, 0.15) is 11.6 Å². The van der Waals surface area contributed by atoms with Gasteiger partial charge in [-0.2, -0.15) is 10.2 Å². The monoisotopic (exact) mass is 219 g/mol. The van der Waals surface area contributed by atoms with Crippen molar-refractivity contribution in [2.24, 2.45) is 0 Å². The van der Waals surface area contributed by atoms with Crippen molar-refractivity contribution in [3.8, 4) is 16.9 Å². The summed E-state index contributed by atoms with van der Waals surface area (Å²) < 4.78 is 18.1. The van der Waals surface area contributed by atoms with Crippen LogP contribution in [0.25, 0.3) is 11.1 Å². The Balaban J connectivity index is 2.60. The molecule has 0 atom stereocenters. The molecule has 2 N–H and O–H groups in total. The Kier molecular flexibility index (Phi) is 2.68. The molecule has 0 aliphatic carbocycles. The third-order valence-corrected chi connectivity index (χ3v) is 2.22. The lowest BCUT2D eigenvalue weighted by molar-refractivity contribution is 0.413. The number of rotatable bonds is 2. The summed E-state index contributed by atoms with van der Waals surface area (Å²) in [5.41, 5.74) is 7.60. The number of anilines is 1. The average molecular weight is 219 g/mol. The van der Waals surface area contributed by atoms with Crippen LogP contribution in [0.4, 0.5) is 10.1 Å². The van der Waals surface area contributed by atoms with E-state index in [0.717, 1.165) is 0 Å². The molecule has 4 nitrogen and oxygen atoms in total. The molecule has 0 amide bonds. The number of halogens is 1. The highest BCUT2D eigenvalue weighted by Gasteiger charge is 2.10. The second kappa shape index (κ2) is 4.14. The molecule has 0 saturated carbocycles. The van der Waals surface area contributed by atoms with Crippen LogP contribution < -0.4 is 10.5 Å². The molecule has 0 radical (unpaired) electrons. The SMILES string of the molecule is COc1cc(F)ccc1-c1cnncc1N. The second-order valence-electron chi connectivity index (χ2n) is 3.20. The van der Waals surface area contributed by atoms with Crippen LogP contribution in [0, 0.1) is 5.82 Å². The van der Waals surface area contributed by atoms with Crippen LogP contribution in [-0.4, -0.2) is 17.3 Å². The molecule has 0 saturated heterocycles. The summed E-state index contributed by atoms with van der Waals surface area (Å²) in [4.78, 5) is 0. The number of benzene rings is 1. The Labute approximate surface area is 91.9 Å². The predicted molar refractivity (Wildman–Crippen MR) is 58.4 cm³/mol. The van der Waals surface area contributed by atoms with Gasteiger partial charge in [-0.1, -0.05) is 0 Å². The molecule has 16 heavy (non-hydrogen) atoms. The van der Waals surface area contributed by atoms with Crippen molar-refractivity contribution in [3.05, 3.63) is 36.4 Å². The van der Waals surface area contributed by atoms with Gasteiger partial charge in [-0.25, -0.2) is 4.39 Å². The van der Waals surface area contributed by atoms with E-state index in [-0.39, 0.29) is 5.82 Å². The first kappa shape index (κ1) is 10.4. The van der Waals surface area contributed by atoms with E-state index >= 15 is 0 Å². The number of hydrogen-bond acceptors (Lipinski definition) is 4. The first-order chi connectivity index (χ1) is 7.72. The van der Waals surface area contributed by atoms with Crippen LogP contribution in [-0.2, 0) is 0 Å². The van der Waals surface area contributed by atoms with Gasteiger partial charge in [0.05, 0.1) is 25.2 Å². The predicted octanol–water partition coefficient (Wildman–Crippen LogP) is 1.87. The zero-order chi connectivity index (χ0) is 11.5. The number of nitrogen functional groups attached to an aromatic ring is 1. The maximum atomic E-state index is 13.0. The molecule has 0 aliphatic heterocycles. The molecule has 0 bridgehead atoms. The Bertz CT molecular complexity index is 516. The van der Waals surface area contributed by atoms with Crippen LogP contribution in [0.1, 0.15) is 0 Å². The van der Waals surface area contributed by atoms with Crippen molar-refractivity contribution in [1.29, 1.82) is 0 Å². The van der Waals surface area contributed by atoms with Gasteiger partial charge in [-0.3, -0.25) is 0 Å². The van der Waals surface area contributed by atoms with E-state index < -0.39 is 0 Å². The molecule has 0 fully saturated rings. The minimum absolute atomic E-state index is 0.360. The maximum Gasteiger partial charge on any atom is 0.129 e. The number of hydrogen-bond donors (Lipinski definition) is 1. The first-order valence-corrected chi connectivity index (χ1v) is 4.62. The van der Waals surface area contributed by atoms with Gasteiger partial charge >= 0.3 is 0 Å². The molecule has 2 aromatic rings. The van der Waals surface area contributed by atoms with E-state index in [2.05, 4.69) is 10.2 Å². The van der Waals surface area contributed by atoms with Crippen molar-refractivity contribution in [2.75, 3.05) is 12.8 Å². The lowest BCUT2D eigenvalue weighted by Gasteiger charge is -2.09. The zero-order valence-corrected chi connectivity index (χ0v) is 8.64. The van der Waals surface area contributed by atoms with Gasteiger partial charge in [-0.05, 0) is 12.1 Å². The van der Waals surface area contributed by atoms with Gasteiger partial charge < -0.3 is 10.5 Å². The lowest BCUT2D eigenvalue weighted by Crippen LogP contribution is -1.96. The van der Waals surface area contributed by atoms with Crippen LogP contribution in [0.15, 0.2) is 30.6 Å². The van der Waals surface area contributed by atoms with Gasteiger partial charge in [-0.15, -0.1) is 0 Å². The number of nitrogens with two attached hydrogens (primary N) is 1. The number of ether oxygens (including phenoxy) is 1. The normalized spacial score (nSPS) is 10.1. The smallest absolute Gasteiger partial charge is 0.129 e. The first-order valence-electron chi connectivity index (χ1n) is 4.62. The summed E-state index contributed by atoms with van der Waals surface area (Å²) in [5.74, 6) is 0.0564. The summed E-state index contributed by atoms with van der Waals surface area (Å²) >= 11 is 0. The van der Waals surface area contributed by atoms with E-state index in [1.54, 1.807) is 6.07 Å². The molecule has 2 rings (SSSR count). The topological polar surface area (TPSA) is 61.0 Å². The highest BCUT2D eigenvalue weighted by atomic mass is 19.1. The van der Waals surface area contributed by atoms with Crippen molar-refractivity contribution in [2.45, 2.75) is 0 Å². The van der Waals surface area contributed by atoms with Crippen molar-refractivity contribution < 1.29 is 9.13 Å². The van der Waals surface area contributed by atoms with E-state index in [0.29, 0.717) is 22.6 Å². The summed E-state index contributed by atoms with van der Waals surface area (Å²) in [7, 11) is 1.48. The molecule has 1 aromatic heterocycles. The Morgan fingerprint density at radius 2 is 1.94 bits per heavy atom. The molecular weight excluding hydrogens is 209 g/mol. The van der Waals surface area contributed by atoms with Crippen LogP contribution in [0.2, 0.25) is 0 Å². The molecule has 1 heterocycles. The zero-order valence-electron chi connectivity index (χ0n) is 8.64. The summed E-state index contributed by atoms with van der Waals surface area (Å²) in [6.07, 6.45) is 2.96. The summed E-state index contributed by atoms with van der Waals surface area (Å²) in [6, 6.07) is 4.24. The number of aromatic nitrogens is 2. The Morgan fingerprint density at radius 3 is 2.62 bits per heavy atom. The number of nitrogens with zero attached hydrogens (tertiary/aromatic N) is 2. The molecule has 0 aliphatic rings. The minimum atomic E-state index is -0.360. The van der Waals surface area contributed by atoms with E-state index in [4.69, 9.17) is 10.5 Å². The van der Waals surface area contributed by atoms with Gasteiger partial charge in [0, 0.05) is 17.2 Å². The standard InChI is InChI=1S/C11H10FN3O/c1-16-11-4-7(12)2-3-8(11)9-5-14-15-6-10(9)13/h2-6H,1H3,(H2,13,14). The molecular formula is C11H10FN3O. The van der Waals surface area contributed by atoms with Gasteiger partial charge in [0.15, 0.2) is 0 Å². The molecule has 5 heteroatoms. The fraction of sp³-hybridized carbons (Fsp3) is 0.0909. The van der Waals surface area contributed by atoms with Gasteiger partial charge in [0.2, 0.25) is 0 Å². The van der Waals surface area contributed by atoms with Crippen molar-refractivity contribution in [3.63, 3.8) is 0 Å². The third kappa shape index (κ3) is 1.79. The van der Waals surface area contributed by atoms with Crippen LogP contribution in [0.5, 0.6) is 5.75 Å². The maximum absolute atomic E-state index is 13.0. The largest absolute Gasteiger partial charge is 0.496 e. The lowest BCUT2D eigenvalue weighted by atomic mass is 10.1. The third-order valence-electron chi connectivity index (χ3n) is 2.22. The summed E-state index contributed by atoms with van der Waals surface area (Å²) in [6.45, 7) is 0. The molecule has 0 unspecified atom stereocenters. The quantitative estimate of drug-likeness (QED) is 0.837. The average Bonchev–Trinajstić information content (AvgIpc) is 2.30. The minimum Gasteiger partial charge on any atom is -0.496 e. The van der Waals surface area contributed by atoms with Crippen molar-refractivity contribution >= 4 is 5.69 Å². The Hall–Kier alpha value is -2.17. The van der Waals surface area contributed by atoms with Crippen LogP contribution in [0.3, 0.4) is 0 Å². The number of methoxy groups -OCH3 is 1. The van der Waals surface area contributed by atoms with E-state index in [9.17, 15) is 4.39 Å². The van der Waals surface area contributed by atoms with E-state index in [1.807, 2.05) is 0 Å². The highest BCUT2D eigenvalue weighted by Crippen LogP contribution is 2.32. The molecule has 82 valence electrons. The van der Waals surface area contributed by atoms with Crippen molar-refractivity contribution in [1.82, 2.24) is 10.2 Å². The van der Waals surface area contributed by atoms with Crippen LogP contribution >= 0.6 is 0 Å². The second-order valence-corrected chi connectivity index (χ2v) is 3.20. The molecule has 0 spiro atoms. The van der Waals surface area contributed by atoms with Gasteiger partial charge in [0.25, 0.3) is 0 Å².